The van der Waals surface area contributed by atoms with Gasteiger partial charge in [0.1, 0.15) is 0 Å². The summed E-state index contributed by atoms with van der Waals surface area (Å²) in [6.07, 6.45) is 6.71. The van der Waals surface area contributed by atoms with Crippen molar-refractivity contribution in [2.75, 3.05) is 26.2 Å². The molecule has 1 unspecified atom stereocenters. The second-order valence-electron chi connectivity index (χ2n) is 7.76. The van der Waals surface area contributed by atoms with E-state index in [2.05, 4.69) is 26.1 Å². The molecule has 1 aliphatic carbocycles. The SMILES string of the molecule is CCn1nc(C(=O)N2CCCCC2)c2c1CCC(NCCOC(C)C)C2. The fourth-order valence-electron chi connectivity index (χ4n) is 4.10. The van der Waals surface area contributed by atoms with E-state index in [-0.39, 0.29) is 12.0 Å². The summed E-state index contributed by atoms with van der Waals surface area (Å²) in [5.74, 6) is 0.136. The zero-order chi connectivity index (χ0) is 18.5. The van der Waals surface area contributed by atoms with Gasteiger partial charge in [-0.25, -0.2) is 0 Å². The number of aromatic nitrogens is 2. The van der Waals surface area contributed by atoms with Gasteiger partial charge in [0.05, 0.1) is 12.7 Å². The predicted molar refractivity (Wildman–Crippen MR) is 103 cm³/mol. The third-order valence-electron chi connectivity index (χ3n) is 5.48. The number of aryl methyl sites for hydroxylation is 1. The van der Waals surface area contributed by atoms with Crippen LogP contribution in [0.15, 0.2) is 0 Å². The highest BCUT2D eigenvalue weighted by molar-refractivity contribution is 5.94. The van der Waals surface area contributed by atoms with Gasteiger partial charge in [-0.2, -0.15) is 5.10 Å². The smallest absolute Gasteiger partial charge is 0.274 e. The van der Waals surface area contributed by atoms with Crippen molar-refractivity contribution < 1.29 is 9.53 Å². The normalized spacial score (nSPS) is 20.5. The molecule has 1 amide bonds. The van der Waals surface area contributed by atoms with Crippen LogP contribution < -0.4 is 5.32 Å². The molecule has 0 radical (unpaired) electrons. The third-order valence-corrected chi connectivity index (χ3v) is 5.48. The maximum atomic E-state index is 13.1. The molecule has 1 aromatic rings. The molecule has 1 atom stereocenters. The molecule has 6 heteroatoms. The van der Waals surface area contributed by atoms with Crippen molar-refractivity contribution in [3.05, 3.63) is 17.0 Å². The standard InChI is InChI=1S/C20H34N4O2/c1-4-24-18-9-8-16(21-10-13-26-15(2)3)14-17(18)19(22-24)20(25)23-11-6-5-7-12-23/h15-16,21H,4-14H2,1-3H3. The van der Waals surface area contributed by atoms with Gasteiger partial charge in [-0.05, 0) is 59.3 Å². The number of amides is 1. The van der Waals surface area contributed by atoms with E-state index in [4.69, 9.17) is 9.84 Å². The average Bonchev–Trinajstić information content (AvgIpc) is 3.03. The molecule has 3 rings (SSSR count). The Morgan fingerprint density at radius 3 is 2.77 bits per heavy atom. The van der Waals surface area contributed by atoms with E-state index in [1.165, 1.54) is 17.7 Å². The van der Waals surface area contributed by atoms with Crippen LogP contribution in [0.2, 0.25) is 0 Å². The van der Waals surface area contributed by atoms with Gasteiger partial charge in [-0.15, -0.1) is 0 Å². The lowest BCUT2D eigenvalue weighted by Gasteiger charge is -2.28. The highest BCUT2D eigenvalue weighted by Crippen LogP contribution is 2.26. The van der Waals surface area contributed by atoms with Crippen molar-refractivity contribution in [1.82, 2.24) is 20.0 Å². The molecule has 0 spiro atoms. The number of hydrogen-bond acceptors (Lipinski definition) is 4. The molecular weight excluding hydrogens is 328 g/mol. The van der Waals surface area contributed by atoms with Crippen LogP contribution in [0.5, 0.6) is 0 Å². The van der Waals surface area contributed by atoms with Crippen molar-refractivity contribution in [2.24, 2.45) is 0 Å². The Morgan fingerprint density at radius 2 is 2.08 bits per heavy atom. The minimum Gasteiger partial charge on any atom is -0.377 e. The summed E-state index contributed by atoms with van der Waals surface area (Å²) in [5, 5.41) is 8.32. The maximum Gasteiger partial charge on any atom is 0.274 e. The van der Waals surface area contributed by atoms with Crippen LogP contribution in [-0.4, -0.2) is 59.0 Å². The average molecular weight is 363 g/mol. The van der Waals surface area contributed by atoms with Gasteiger partial charge in [0.25, 0.3) is 5.91 Å². The Labute approximate surface area is 157 Å². The molecule has 6 nitrogen and oxygen atoms in total. The van der Waals surface area contributed by atoms with Gasteiger partial charge in [-0.3, -0.25) is 9.48 Å². The highest BCUT2D eigenvalue weighted by atomic mass is 16.5. The Kier molecular flexibility index (Phi) is 6.70. The second kappa shape index (κ2) is 9.00. The second-order valence-corrected chi connectivity index (χ2v) is 7.76. The summed E-state index contributed by atoms with van der Waals surface area (Å²) in [5.41, 5.74) is 3.15. The van der Waals surface area contributed by atoms with E-state index in [9.17, 15) is 4.79 Å². The molecule has 1 aliphatic heterocycles. The monoisotopic (exact) mass is 362 g/mol. The van der Waals surface area contributed by atoms with Crippen LogP contribution in [0.25, 0.3) is 0 Å². The first-order chi connectivity index (χ1) is 12.6. The molecule has 1 saturated heterocycles. The van der Waals surface area contributed by atoms with E-state index in [0.717, 1.165) is 64.9 Å². The molecule has 0 bridgehead atoms. The van der Waals surface area contributed by atoms with Crippen LogP contribution in [0.3, 0.4) is 0 Å². The van der Waals surface area contributed by atoms with Gasteiger partial charge in [0.2, 0.25) is 0 Å². The van der Waals surface area contributed by atoms with Gasteiger partial charge in [0.15, 0.2) is 5.69 Å². The summed E-state index contributed by atoms with van der Waals surface area (Å²) in [6, 6.07) is 0.403. The van der Waals surface area contributed by atoms with Gasteiger partial charge >= 0.3 is 0 Å². The molecule has 1 N–H and O–H groups in total. The lowest BCUT2D eigenvalue weighted by Crippen LogP contribution is -2.39. The largest absolute Gasteiger partial charge is 0.377 e. The maximum absolute atomic E-state index is 13.1. The number of nitrogens with zero attached hydrogens (tertiary/aromatic N) is 3. The molecule has 1 fully saturated rings. The summed E-state index contributed by atoms with van der Waals surface area (Å²) >= 11 is 0. The number of fused-ring (bicyclic) bond motifs is 1. The van der Waals surface area contributed by atoms with Crippen molar-refractivity contribution in [3.8, 4) is 0 Å². The van der Waals surface area contributed by atoms with Crippen LogP contribution in [-0.2, 0) is 24.1 Å². The number of hydrogen-bond donors (Lipinski definition) is 1. The van der Waals surface area contributed by atoms with E-state index in [0.29, 0.717) is 11.7 Å². The summed E-state index contributed by atoms with van der Waals surface area (Å²) in [6.45, 7) is 10.4. The van der Waals surface area contributed by atoms with Crippen molar-refractivity contribution >= 4 is 5.91 Å². The molecule has 2 heterocycles. The van der Waals surface area contributed by atoms with E-state index < -0.39 is 0 Å². The fraction of sp³-hybridized carbons (Fsp3) is 0.800. The number of carbonyl (C=O) groups is 1. The lowest BCUT2D eigenvalue weighted by molar-refractivity contribution is 0.0715. The quantitative estimate of drug-likeness (QED) is 0.757. The van der Waals surface area contributed by atoms with Crippen LogP contribution in [0, 0.1) is 0 Å². The van der Waals surface area contributed by atoms with E-state index in [1.54, 1.807) is 0 Å². The number of piperidine rings is 1. The summed E-state index contributed by atoms with van der Waals surface area (Å²) in [7, 11) is 0. The lowest BCUT2D eigenvalue weighted by atomic mass is 9.91. The zero-order valence-corrected chi connectivity index (χ0v) is 16.6. The molecule has 146 valence electrons. The highest BCUT2D eigenvalue weighted by Gasteiger charge is 2.31. The fourth-order valence-corrected chi connectivity index (χ4v) is 4.10. The summed E-state index contributed by atoms with van der Waals surface area (Å²) in [4.78, 5) is 15.1. The third kappa shape index (κ3) is 4.46. The number of likely N-dealkylation sites (tertiary alicyclic amines) is 1. The van der Waals surface area contributed by atoms with Crippen LogP contribution >= 0.6 is 0 Å². The first-order valence-electron chi connectivity index (χ1n) is 10.3. The van der Waals surface area contributed by atoms with Crippen LogP contribution in [0.4, 0.5) is 0 Å². The Bertz CT molecular complexity index is 605. The molecule has 2 aliphatic rings. The van der Waals surface area contributed by atoms with E-state index >= 15 is 0 Å². The Morgan fingerprint density at radius 1 is 1.31 bits per heavy atom. The van der Waals surface area contributed by atoms with Gasteiger partial charge in [0, 0.05) is 43.5 Å². The molecule has 26 heavy (non-hydrogen) atoms. The first kappa shape index (κ1) is 19.4. The Balaban J connectivity index is 1.69. The minimum atomic E-state index is 0.136. The van der Waals surface area contributed by atoms with Gasteiger partial charge < -0.3 is 15.0 Å². The van der Waals surface area contributed by atoms with Crippen molar-refractivity contribution in [1.29, 1.82) is 0 Å². The summed E-state index contributed by atoms with van der Waals surface area (Å²) < 4.78 is 7.67. The van der Waals surface area contributed by atoms with Gasteiger partial charge in [-0.1, -0.05) is 0 Å². The topological polar surface area (TPSA) is 59.4 Å². The Hall–Kier alpha value is -1.40. The first-order valence-corrected chi connectivity index (χ1v) is 10.3. The minimum absolute atomic E-state index is 0.136. The van der Waals surface area contributed by atoms with Crippen LogP contribution in [0.1, 0.15) is 68.2 Å². The molecule has 1 aromatic heterocycles. The molecule has 0 aromatic carbocycles. The van der Waals surface area contributed by atoms with Crippen molar-refractivity contribution in [3.63, 3.8) is 0 Å². The molecule has 0 saturated carbocycles. The van der Waals surface area contributed by atoms with E-state index in [1.807, 2.05) is 9.58 Å². The zero-order valence-electron chi connectivity index (χ0n) is 16.6. The number of ether oxygens (including phenoxy) is 1. The molecular formula is C20H34N4O2. The number of rotatable bonds is 7. The van der Waals surface area contributed by atoms with Crippen molar-refractivity contribution in [2.45, 2.75) is 78.0 Å². The number of carbonyl (C=O) groups excluding carboxylic acids is 1. The predicted octanol–water partition coefficient (Wildman–Crippen LogP) is 2.40. The number of nitrogens with one attached hydrogen (secondary N) is 1.